The number of hydrogen-bond donors (Lipinski definition) is 2. The summed E-state index contributed by atoms with van der Waals surface area (Å²) in [5.74, 6) is -0.949. The Balaban J connectivity index is 2.34. The van der Waals surface area contributed by atoms with Crippen molar-refractivity contribution in [1.82, 2.24) is 0 Å². The number of benzene rings is 1. The van der Waals surface area contributed by atoms with Crippen molar-refractivity contribution in [3.05, 3.63) is 35.4 Å². The summed E-state index contributed by atoms with van der Waals surface area (Å²) in [6.07, 6.45) is 4.75. The molecule has 0 radical (unpaired) electrons. The fraction of sp³-hybridized carbons (Fsp3) is 0.588. The molecule has 0 aromatic heterocycles. The Morgan fingerprint density at radius 2 is 2.15 bits per heavy atom. The van der Waals surface area contributed by atoms with E-state index >= 15 is 0 Å². The van der Waals surface area contributed by atoms with Crippen molar-refractivity contribution in [3.63, 3.8) is 0 Å². The highest BCUT2D eigenvalue weighted by atomic mass is 16.4. The summed E-state index contributed by atoms with van der Waals surface area (Å²) in [4.78, 5) is 11.4. The summed E-state index contributed by atoms with van der Waals surface area (Å²) in [5.41, 5.74) is 8.12. The highest BCUT2D eigenvalue weighted by molar-refractivity contribution is 5.77. The van der Waals surface area contributed by atoms with Gasteiger partial charge in [-0.25, -0.2) is 0 Å². The quantitative estimate of drug-likeness (QED) is 0.884. The maximum atomic E-state index is 11.4. The lowest BCUT2D eigenvalue weighted by molar-refractivity contribution is -0.138. The topological polar surface area (TPSA) is 63.3 Å². The first kappa shape index (κ1) is 15.0. The second kappa shape index (κ2) is 5.96. The lowest BCUT2D eigenvalue weighted by Gasteiger charge is -2.36. The van der Waals surface area contributed by atoms with Gasteiger partial charge < -0.3 is 10.8 Å². The summed E-state index contributed by atoms with van der Waals surface area (Å²) in [6.45, 7) is 4.77. The van der Waals surface area contributed by atoms with Gasteiger partial charge in [0.2, 0.25) is 0 Å². The minimum Gasteiger partial charge on any atom is -0.481 e. The van der Waals surface area contributed by atoms with Gasteiger partial charge in [0, 0.05) is 6.54 Å². The standard InChI is InChI=1S/C17H25NO2/c1-17(2)9-5-6-12(10-17)13-7-3-4-8-14(13)15(11-18)16(19)20/h3-4,7-8,12,15H,5-6,9-11,18H2,1-2H3,(H,19,20). The maximum Gasteiger partial charge on any atom is 0.312 e. The summed E-state index contributed by atoms with van der Waals surface area (Å²) >= 11 is 0. The van der Waals surface area contributed by atoms with Gasteiger partial charge in [0.15, 0.2) is 0 Å². The average Bonchev–Trinajstić information content (AvgIpc) is 2.38. The molecule has 1 fully saturated rings. The molecule has 0 amide bonds. The molecule has 3 nitrogen and oxygen atoms in total. The highest BCUT2D eigenvalue weighted by Gasteiger charge is 2.31. The molecule has 0 aliphatic heterocycles. The smallest absolute Gasteiger partial charge is 0.312 e. The van der Waals surface area contributed by atoms with E-state index in [1.165, 1.54) is 18.4 Å². The fourth-order valence-electron chi connectivity index (χ4n) is 3.52. The van der Waals surface area contributed by atoms with Gasteiger partial charge in [-0.3, -0.25) is 4.79 Å². The van der Waals surface area contributed by atoms with E-state index in [9.17, 15) is 9.90 Å². The number of aliphatic carboxylic acids is 1. The molecule has 110 valence electrons. The van der Waals surface area contributed by atoms with E-state index in [1.54, 1.807) is 0 Å². The Bertz CT molecular complexity index is 482. The van der Waals surface area contributed by atoms with E-state index in [0.29, 0.717) is 11.3 Å². The third-order valence-electron chi connectivity index (χ3n) is 4.55. The van der Waals surface area contributed by atoms with Gasteiger partial charge in [0.25, 0.3) is 0 Å². The third kappa shape index (κ3) is 3.21. The zero-order chi connectivity index (χ0) is 14.8. The predicted octanol–water partition coefficient (Wildman–Crippen LogP) is 3.50. The molecule has 1 aliphatic rings. The van der Waals surface area contributed by atoms with Gasteiger partial charge >= 0.3 is 5.97 Å². The first-order valence-corrected chi connectivity index (χ1v) is 7.46. The third-order valence-corrected chi connectivity index (χ3v) is 4.55. The van der Waals surface area contributed by atoms with Gasteiger partial charge in [-0.2, -0.15) is 0 Å². The number of carbonyl (C=O) groups is 1. The van der Waals surface area contributed by atoms with Crippen LogP contribution in [0.5, 0.6) is 0 Å². The van der Waals surface area contributed by atoms with Crippen LogP contribution in [0.4, 0.5) is 0 Å². The molecule has 0 bridgehead atoms. The molecule has 3 heteroatoms. The minimum absolute atomic E-state index is 0.155. The van der Waals surface area contributed by atoms with Crippen molar-refractivity contribution in [2.24, 2.45) is 11.1 Å². The minimum atomic E-state index is -0.824. The zero-order valence-corrected chi connectivity index (χ0v) is 12.4. The maximum absolute atomic E-state index is 11.4. The van der Waals surface area contributed by atoms with Gasteiger partial charge in [0.1, 0.15) is 0 Å². The van der Waals surface area contributed by atoms with E-state index in [-0.39, 0.29) is 6.54 Å². The molecule has 20 heavy (non-hydrogen) atoms. The highest BCUT2D eigenvalue weighted by Crippen LogP contribution is 2.44. The molecule has 1 aliphatic carbocycles. The number of hydrogen-bond acceptors (Lipinski definition) is 2. The lowest BCUT2D eigenvalue weighted by atomic mass is 9.69. The van der Waals surface area contributed by atoms with Gasteiger partial charge in [-0.1, -0.05) is 44.5 Å². The molecule has 1 aromatic carbocycles. The second-order valence-corrected chi connectivity index (χ2v) is 6.71. The van der Waals surface area contributed by atoms with Crippen molar-refractivity contribution in [1.29, 1.82) is 0 Å². The first-order chi connectivity index (χ1) is 9.44. The number of carboxylic acids is 1. The molecule has 1 saturated carbocycles. The van der Waals surface area contributed by atoms with Crippen LogP contribution in [0.25, 0.3) is 0 Å². The summed E-state index contributed by atoms with van der Waals surface area (Å²) in [5, 5.41) is 9.37. The van der Waals surface area contributed by atoms with Crippen molar-refractivity contribution in [3.8, 4) is 0 Å². The van der Waals surface area contributed by atoms with E-state index in [0.717, 1.165) is 18.4 Å². The summed E-state index contributed by atoms with van der Waals surface area (Å²) in [7, 11) is 0. The van der Waals surface area contributed by atoms with E-state index < -0.39 is 11.9 Å². The average molecular weight is 275 g/mol. The van der Waals surface area contributed by atoms with Crippen LogP contribution in [0.2, 0.25) is 0 Å². The number of carboxylic acid groups (broad SMARTS) is 1. The number of nitrogens with two attached hydrogens (primary N) is 1. The Kier molecular flexibility index (Phi) is 4.48. The Hall–Kier alpha value is -1.35. The van der Waals surface area contributed by atoms with Gasteiger partial charge in [0.05, 0.1) is 5.92 Å². The van der Waals surface area contributed by atoms with Crippen LogP contribution < -0.4 is 5.73 Å². The van der Waals surface area contributed by atoms with Crippen molar-refractivity contribution in [2.75, 3.05) is 6.54 Å². The van der Waals surface area contributed by atoms with Crippen LogP contribution in [-0.4, -0.2) is 17.6 Å². The summed E-state index contributed by atoms with van der Waals surface area (Å²) in [6, 6.07) is 7.95. The van der Waals surface area contributed by atoms with Crippen molar-refractivity contribution in [2.45, 2.75) is 51.4 Å². The molecule has 2 atom stereocenters. The first-order valence-electron chi connectivity index (χ1n) is 7.46. The van der Waals surface area contributed by atoms with E-state index in [4.69, 9.17) is 5.73 Å². The second-order valence-electron chi connectivity index (χ2n) is 6.71. The molecule has 0 spiro atoms. The van der Waals surface area contributed by atoms with Crippen molar-refractivity contribution >= 4 is 5.97 Å². The van der Waals surface area contributed by atoms with Crippen LogP contribution in [0.15, 0.2) is 24.3 Å². The summed E-state index contributed by atoms with van der Waals surface area (Å²) < 4.78 is 0. The van der Waals surface area contributed by atoms with Gasteiger partial charge in [-0.15, -0.1) is 0 Å². The van der Waals surface area contributed by atoms with Gasteiger partial charge in [-0.05, 0) is 41.7 Å². The Labute approximate surface area is 121 Å². The molecular weight excluding hydrogens is 250 g/mol. The van der Waals surface area contributed by atoms with Crippen LogP contribution in [0.3, 0.4) is 0 Å². The lowest BCUT2D eigenvalue weighted by Crippen LogP contribution is -2.26. The predicted molar refractivity (Wildman–Crippen MR) is 80.9 cm³/mol. The molecule has 0 saturated heterocycles. The van der Waals surface area contributed by atoms with Crippen LogP contribution in [0.1, 0.15) is 62.5 Å². The van der Waals surface area contributed by atoms with E-state index in [1.807, 2.05) is 18.2 Å². The Morgan fingerprint density at radius 3 is 2.75 bits per heavy atom. The zero-order valence-electron chi connectivity index (χ0n) is 12.4. The van der Waals surface area contributed by atoms with Crippen LogP contribution in [0, 0.1) is 5.41 Å². The van der Waals surface area contributed by atoms with E-state index in [2.05, 4.69) is 19.9 Å². The van der Waals surface area contributed by atoms with Crippen LogP contribution in [-0.2, 0) is 4.79 Å². The Morgan fingerprint density at radius 1 is 1.45 bits per heavy atom. The molecular formula is C17H25NO2. The fourth-order valence-corrected chi connectivity index (χ4v) is 3.52. The monoisotopic (exact) mass is 275 g/mol. The largest absolute Gasteiger partial charge is 0.481 e. The molecule has 1 aromatic rings. The van der Waals surface area contributed by atoms with Crippen LogP contribution >= 0.6 is 0 Å². The SMILES string of the molecule is CC1(C)CCCC(c2ccccc2C(CN)C(=O)O)C1. The molecule has 2 unspecified atom stereocenters. The molecule has 2 rings (SSSR count). The molecule has 3 N–H and O–H groups in total. The molecule has 0 heterocycles. The normalized spacial score (nSPS) is 23.2. The van der Waals surface area contributed by atoms with Crippen molar-refractivity contribution < 1.29 is 9.90 Å². The number of rotatable bonds is 4.